The Bertz CT molecular complexity index is 3210. The predicted octanol–water partition coefficient (Wildman–Crippen LogP) is 17.2. The molecule has 0 N–H and O–H groups in total. The summed E-state index contributed by atoms with van der Waals surface area (Å²) in [4.78, 5) is 25.7. The average molecular weight is 1070 g/mol. The van der Waals surface area contributed by atoms with Crippen molar-refractivity contribution in [2.45, 2.75) is 160 Å². The van der Waals surface area contributed by atoms with E-state index in [0.29, 0.717) is 26.2 Å². The molecule has 0 radical (unpaired) electrons. The van der Waals surface area contributed by atoms with Gasteiger partial charge in [0.05, 0.1) is 24.0 Å². The molecule has 0 unspecified atom stereocenters. The minimum atomic E-state index is -0.137. The van der Waals surface area contributed by atoms with Crippen LogP contribution in [0.1, 0.15) is 157 Å². The molecule has 8 nitrogen and oxygen atoms in total. The lowest BCUT2D eigenvalue weighted by Crippen LogP contribution is -2.34. The highest BCUT2D eigenvalue weighted by Gasteiger charge is 2.46. The van der Waals surface area contributed by atoms with Gasteiger partial charge in [-0.25, -0.2) is 0 Å². The monoisotopic (exact) mass is 1070 g/mol. The first-order valence-corrected chi connectivity index (χ1v) is 27.4. The number of pyridine rings is 1. The van der Waals surface area contributed by atoms with Crippen molar-refractivity contribution >= 4 is 63.5 Å². The van der Waals surface area contributed by atoms with Gasteiger partial charge in [0.25, 0.3) is 12.9 Å². The number of allylic oxidation sites excluding steroid dienone is 7. The van der Waals surface area contributed by atoms with Crippen LogP contribution >= 0.6 is 0 Å². The quantitative estimate of drug-likeness (QED) is 0.0431. The van der Waals surface area contributed by atoms with Crippen LogP contribution in [0, 0.1) is 13.8 Å². The summed E-state index contributed by atoms with van der Waals surface area (Å²) >= 11 is 0. The number of anilines is 2. The van der Waals surface area contributed by atoms with Gasteiger partial charge in [-0.15, -0.1) is 0 Å². The highest BCUT2D eigenvalue weighted by Crippen LogP contribution is 2.50. The first-order chi connectivity index (χ1) is 36.2. The molecule has 0 saturated carbocycles. The molecule has 5 aromatic carbocycles. The number of rotatable bonds is 20. The number of aryl methyl sites for hydroxylation is 3. The fourth-order valence-electron chi connectivity index (χ4n) is 12.0. The summed E-state index contributed by atoms with van der Waals surface area (Å²) in [5.41, 5.74) is 17.0. The van der Waals surface area contributed by atoms with E-state index in [1.165, 1.54) is 89.2 Å². The van der Waals surface area contributed by atoms with Gasteiger partial charge in [0.1, 0.15) is 13.1 Å². The number of aromatic nitrogens is 1. The Morgan fingerprint density at radius 1 is 0.544 bits per heavy atom. The van der Waals surface area contributed by atoms with Crippen LogP contribution in [0.25, 0.3) is 27.8 Å². The number of hydrogen-bond donors (Lipinski definition) is 0. The Labute approximate surface area is 476 Å². The second-order valence-electron chi connectivity index (χ2n) is 22.0. The number of ether oxygens (including phenoxy) is 2. The van der Waals surface area contributed by atoms with Crippen molar-refractivity contribution in [3.8, 4) is 0 Å². The number of unbranched alkanes of at least 4 members (excludes halogenated alkanes) is 4. The Kier molecular flexibility index (Phi) is 23.0. The molecule has 1 aromatic heterocycles. The van der Waals surface area contributed by atoms with Crippen molar-refractivity contribution in [1.82, 2.24) is 0 Å². The molecule has 3 aliphatic heterocycles. The lowest BCUT2D eigenvalue weighted by Gasteiger charge is -2.25. The molecule has 6 aromatic rings. The number of nitrogens with zero attached hydrogens (tertiary/aromatic N) is 4. The zero-order valence-electron chi connectivity index (χ0n) is 46.4. The van der Waals surface area contributed by atoms with E-state index in [4.69, 9.17) is 9.47 Å². The molecule has 4 heterocycles. The van der Waals surface area contributed by atoms with Crippen LogP contribution in [-0.2, 0) is 41.9 Å². The molecular weight excluding hydrogens is 973 g/mol. The lowest BCUT2D eigenvalue weighted by molar-refractivity contribution is -0.671. The number of fused-ring (bicyclic) bond motifs is 6. The molecule has 9 rings (SSSR count). The summed E-state index contributed by atoms with van der Waals surface area (Å²) in [5, 5.41) is 3.87. The molecule has 0 amide bonds. The van der Waals surface area contributed by atoms with Gasteiger partial charge in [0, 0.05) is 89.4 Å². The van der Waals surface area contributed by atoms with E-state index in [0.717, 1.165) is 64.7 Å². The number of hydrogen-bond acceptors (Lipinski definition) is 6. The number of carbonyl (C=O) groups is 2. The van der Waals surface area contributed by atoms with Crippen LogP contribution in [0.2, 0.25) is 0 Å². The third-order valence-corrected chi connectivity index (χ3v) is 15.9. The fourth-order valence-corrected chi connectivity index (χ4v) is 12.0. The third-order valence-electron chi connectivity index (χ3n) is 15.9. The Hall–Kier alpha value is -7.06. The van der Waals surface area contributed by atoms with Gasteiger partial charge in [-0.1, -0.05) is 147 Å². The van der Waals surface area contributed by atoms with Gasteiger partial charge in [0.2, 0.25) is 11.2 Å². The zero-order chi connectivity index (χ0) is 53.3. The molecule has 8 heteroatoms. The number of carbonyl (C=O) groups excluding carboxylic acids is 2. The lowest BCUT2D eigenvalue weighted by atomic mass is 9.79. The smallest absolute Gasteiger partial charge is 0.293 e. The van der Waals surface area contributed by atoms with Gasteiger partial charge in [-0.05, 0) is 131 Å². The second kappa shape index (κ2) is 28.2. The topological polar surface area (TPSA) is 66.0 Å². The standard InChI is InChI=1S/C36H43N2O2.C31H37N2O2.4CH4/c1-7-37-30-20-18-26(2)24-29(30)35(3,4)32(37)16-13-17-33-36(5,6)34-28-15-10-9-14-27(28)19-21-31(34)38(33)22-11-8-12-23-40-25-39;1-5-33-29-17-16-24(2)22-27(29)31(3,4)30(33)15-11-12-25-18-20-32(19-9-6-10-21-35-23-34)28-14-8-7-13-26(25)28;;;;/h9-10,13-21,24-25H,7-8,11-12,22-23H2,1-6H3;7-8,11-18,20,22-23H,5-6,9-10,19,21H2,1-4H3;4*1H4/q2*+1;;;;. The molecule has 0 bridgehead atoms. The van der Waals surface area contributed by atoms with E-state index in [1.807, 2.05) is 0 Å². The number of para-hydroxylation sites is 1. The average Bonchev–Trinajstić information content (AvgIpc) is 4.11. The van der Waals surface area contributed by atoms with Crippen LogP contribution in [0.4, 0.5) is 17.1 Å². The summed E-state index contributed by atoms with van der Waals surface area (Å²) < 4.78 is 14.5. The maximum Gasteiger partial charge on any atom is 0.293 e. The highest BCUT2D eigenvalue weighted by atomic mass is 16.5. The summed E-state index contributed by atoms with van der Waals surface area (Å²) in [5.74, 6) is 0. The molecular formula is C71H96N4O4+2. The summed E-state index contributed by atoms with van der Waals surface area (Å²) in [6.45, 7) is 28.7. The predicted molar refractivity (Wildman–Crippen MR) is 338 cm³/mol. The summed E-state index contributed by atoms with van der Waals surface area (Å²) in [7, 11) is 0. The maximum absolute atomic E-state index is 10.5. The van der Waals surface area contributed by atoms with E-state index in [-0.39, 0.29) is 46.0 Å². The van der Waals surface area contributed by atoms with Crippen LogP contribution in [0.3, 0.4) is 0 Å². The molecule has 422 valence electrons. The van der Waals surface area contributed by atoms with E-state index < -0.39 is 0 Å². The van der Waals surface area contributed by atoms with E-state index in [9.17, 15) is 9.59 Å². The van der Waals surface area contributed by atoms with E-state index in [2.05, 4.69) is 234 Å². The molecule has 0 aliphatic carbocycles. The van der Waals surface area contributed by atoms with Gasteiger partial charge < -0.3 is 19.3 Å². The van der Waals surface area contributed by atoms with Crippen molar-refractivity contribution in [3.05, 3.63) is 184 Å². The van der Waals surface area contributed by atoms with E-state index >= 15 is 0 Å². The van der Waals surface area contributed by atoms with Crippen molar-refractivity contribution in [1.29, 1.82) is 0 Å². The molecule has 79 heavy (non-hydrogen) atoms. The normalized spacial score (nSPS) is 16.2. The van der Waals surface area contributed by atoms with Crippen molar-refractivity contribution in [2.24, 2.45) is 0 Å². The highest BCUT2D eigenvalue weighted by molar-refractivity contribution is 6.07. The number of likely N-dealkylation sites (N-methyl/N-ethyl adjacent to an activating group) is 2. The van der Waals surface area contributed by atoms with Crippen LogP contribution in [0.15, 0.2) is 151 Å². The molecule has 3 aliphatic rings. The minimum Gasteiger partial charge on any atom is -0.468 e. The minimum absolute atomic E-state index is 0. The first-order valence-electron chi connectivity index (χ1n) is 27.4. The molecule has 0 atom stereocenters. The summed E-state index contributed by atoms with van der Waals surface area (Å²) in [6.07, 6.45) is 21.8. The Balaban J connectivity index is 0.000000327. The SMILES string of the molecule is C.C.C.C.CCN1/C(=C/C=CC2=[N+](CCCCCOC=O)c3ccc4ccccc4c3C2(C)C)C(C)(C)c2cc(C)ccc21.CCN1/C(=C/C=Cc2cc[n+](CCCCCOC=O)c3ccccc23)C(C)(C)c2cc(C)ccc21. The Morgan fingerprint density at radius 2 is 1.06 bits per heavy atom. The zero-order valence-corrected chi connectivity index (χ0v) is 46.4. The van der Waals surface area contributed by atoms with Crippen molar-refractivity contribution in [2.75, 3.05) is 42.6 Å². The maximum atomic E-state index is 10.5. The molecule has 0 saturated heterocycles. The van der Waals surface area contributed by atoms with E-state index in [1.54, 1.807) is 0 Å². The summed E-state index contributed by atoms with van der Waals surface area (Å²) in [6, 6.07) is 37.8. The van der Waals surface area contributed by atoms with Gasteiger partial charge in [-0.2, -0.15) is 9.14 Å². The second-order valence-corrected chi connectivity index (χ2v) is 22.0. The first kappa shape index (κ1) is 64.5. The third kappa shape index (κ3) is 13.3. The molecule has 0 fully saturated rings. The Morgan fingerprint density at radius 3 is 1.62 bits per heavy atom. The number of benzene rings is 5. The van der Waals surface area contributed by atoms with Gasteiger partial charge >= 0.3 is 0 Å². The van der Waals surface area contributed by atoms with Crippen LogP contribution in [-0.4, -0.2) is 56.1 Å². The van der Waals surface area contributed by atoms with Crippen LogP contribution in [0.5, 0.6) is 0 Å². The van der Waals surface area contributed by atoms with Crippen molar-refractivity contribution in [3.63, 3.8) is 0 Å². The fraction of sp³-hybridized carbons (Fsp3) is 0.408. The van der Waals surface area contributed by atoms with Crippen LogP contribution < -0.4 is 14.4 Å². The van der Waals surface area contributed by atoms with Crippen molar-refractivity contribution < 1.29 is 28.2 Å². The van der Waals surface area contributed by atoms with Gasteiger partial charge in [0.15, 0.2) is 11.9 Å². The van der Waals surface area contributed by atoms with Gasteiger partial charge in [-0.3, -0.25) is 9.59 Å². The largest absolute Gasteiger partial charge is 0.468 e. The molecule has 0 spiro atoms.